The summed E-state index contributed by atoms with van der Waals surface area (Å²) in [6.45, 7) is 0.0297. The van der Waals surface area contributed by atoms with Gasteiger partial charge in [-0.2, -0.15) is 0 Å². The molecular formula is C13H11FINO3. The minimum Gasteiger partial charge on any atom is -0.294 e. The zero-order valence-corrected chi connectivity index (χ0v) is 12.1. The number of rotatable bonds is 4. The molecule has 1 aromatic carbocycles. The number of benzene rings is 1. The monoisotopic (exact) mass is 375 g/mol. The van der Waals surface area contributed by atoms with Crippen LogP contribution in [0.25, 0.3) is 0 Å². The van der Waals surface area contributed by atoms with E-state index in [0.717, 1.165) is 4.90 Å². The van der Waals surface area contributed by atoms with Gasteiger partial charge in [0, 0.05) is 29.4 Å². The molecule has 1 aliphatic rings. The first kappa shape index (κ1) is 14.1. The molecule has 6 heteroatoms. The second-order valence-electron chi connectivity index (χ2n) is 4.24. The standard InChI is InChI=1S/C13H11FINO3/c14-10-7-8(15)1-2-9(10)11(17)5-6-16-12(18)3-4-13(16)19/h1-2,7H,3-6H2. The molecule has 0 saturated carbocycles. The minimum absolute atomic E-state index is 0.000453. The number of amides is 2. The zero-order valence-electron chi connectivity index (χ0n) is 9.99. The Morgan fingerprint density at radius 3 is 2.47 bits per heavy atom. The van der Waals surface area contributed by atoms with Gasteiger partial charge in [-0.3, -0.25) is 19.3 Å². The Bertz CT molecular complexity index is 543. The van der Waals surface area contributed by atoms with Crippen molar-refractivity contribution in [2.75, 3.05) is 6.54 Å². The maximum absolute atomic E-state index is 13.6. The molecule has 0 spiro atoms. The van der Waals surface area contributed by atoms with E-state index in [2.05, 4.69) is 0 Å². The molecule has 0 bridgehead atoms. The van der Waals surface area contributed by atoms with Crippen LogP contribution in [0, 0.1) is 9.39 Å². The normalized spacial score (nSPS) is 15.2. The molecule has 1 fully saturated rings. The maximum Gasteiger partial charge on any atom is 0.229 e. The molecule has 0 unspecified atom stereocenters. The molecule has 0 atom stereocenters. The zero-order chi connectivity index (χ0) is 14.0. The van der Waals surface area contributed by atoms with Gasteiger partial charge < -0.3 is 0 Å². The maximum atomic E-state index is 13.6. The number of Topliss-reactive ketones (excluding diaryl/α,β-unsaturated/α-hetero) is 1. The topological polar surface area (TPSA) is 54.5 Å². The smallest absolute Gasteiger partial charge is 0.229 e. The minimum atomic E-state index is -0.573. The van der Waals surface area contributed by atoms with Gasteiger partial charge in [0.1, 0.15) is 5.82 Å². The van der Waals surface area contributed by atoms with Gasteiger partial charge in [-0.15, -0.1) is 0 Å². The second-order valence-corrected chi connectivity index (χ2v) is 5.48. The van der Waals surface area contributed by atoms with Crippen molar-refractivity contribution in [2.24, 2.45) is 0 Å². The number of hydrogen-bond donors (Lipinski definition) is 0. The van der Waals surface area contributed by atoms with Crippen LogP contribution in [-0.2, 0) is 9.59 Å². The first-order valence-corrected chi connectivity index (χ1v) is 6.88. The summed E-state index contributed by atoms with van der Waals surface area (Å²) < 4.78 is 14.3. The van der Waals surface area contributed by atoms with Crippen LogP contribution in [-0.4, -0.2) is 29.0 Å². The lowest BCUT2D eigenvalue weighted by atomic mass is 10.1. The summed E-state index contributed by atoms with van der Waals surface area (Å²) in [5.41, 5.74) is -0.000453. The lowest BCUT2D eigenvalue weighted by Crippen LogP contribution is -2.31. The fourth-order valence-corrected chi connectivity index (χ4v) is 2.39. The molecule has 1 aliphatic heterocycles. The van der Waals surface area contributed by atoms with Crippen LogP contribution < -0.4 is 0 Å². The molecule has 1 aromatic rings. The quantitative estimate of drug-likeness (QED) is 0.461. The fraction of sp³-hybridized carbons (Fsp3) is 0.308. The number of likely N-dealkylation sites (tertiary alicyclic amines) is 1. The van der Waals surface area contributed by atoms with Crippen LogP contribution in [0.5, 0.6) is 0 Å². The SMILES string of the molecule is O=C(CCN1C(=O)CCC1=O)c1ccc(I)cc1F. The van der Waals surface area contributed by atoms with E-state index in [1.807, 2.05) is 22.6 Å². The fourth-order valence-electron chi connectivity index (χ4n) is 1.94. The molecule has 100 valence electrons. The molecule has 0 aliphatic carbocycles. The summed E-state index contributed by atoms with van der Waals surface area (Å²) in [4.78, 5) is 35.7. The van der Waals surface area contributed by atoms with E-state index in [-0.39, 0.29) is 43.2 Å². The number of imide groups is 1. The first-order chi connectivity index (χ1) is 8.99. The average Bonchev–Trinajstić information content (AvgIpc) is 2.66. The van der Waals surface area contributed by atoms with Gasteiger partial charge in [0.25, 0.3) is 0 Å². The van der Waals surface area contributed by atoms with E-state index >= 15 is 0 Å². The summed E-state index contributed by atoms with van der Waals surface area (Å²) in [7, 11) is 0. The van der Waals surface area contributed by atoms with Crippen molar-refractivity contribution in [3.05, 3.63) is 33.1 Å². The van der Waals surface area contributed by atoms with Crippen LogP contribution in [0.2, 0.25) is 0 Å². The van der Waals surface area contributed by atoms with Crippen molar-refractivity contribution in [1.82, 2.24) is 4.90 Å². The van der Waals surface area contributed by atoms with E-state index < -0.39 is 11.6 Å². The van der Waals surface area contributed by atoms with Crippen molar-refractivity contribution < 1.29 is 18.8 Å². The van der Waals surface area contributed by atoms with Crippen molar-refractivity contribution in [2.45, 2.75) is 19.3 Å². The number of nitrogens with zero attached hydrogens (tertiary/aromatic N) is 1. The van der Waals surface area contributed by atoms with E-state index in [0.29, 0.717) is 3.57 Å². The van der Waals surface area contributed by atoms with E-state index in [1.165, 1.54) is 12.1 Å². The molecule has 1 saturated heterocycles. The van der Waals surface area contributed by atoms with E-state index in [9.17, 15) is 18.8 Å². The Labute approximate surface area is 123 Å². The number of ketones is 1. The molecule has 0 N–H and O–H groups in total. The summed E-state index contributed by atoms with van der Waals surface area (Å²) in [5, 5.41) is 0. The lowest BCUT2D eigenvalue weighted by molar-refractivity contribution is -0.138. The highest BCUT2D eigenvalue weighted by Gasteiger charge is 2.29. The molecule has 2 amide bonds. The summed E-state index contributed by atoms with van der Waals surface area (Å²) in [5.74, 6) is -1.50. The van der Waals surface area contributed by atoms with Crippen molar-refractivity contribution in [1.29, 1.82) is 0 Å². The molecule has 19 heavy (non-hydrogen) atoms. The number of halogens is 2. The molecule has 4 nitrogen and oxygen atoms in total. The molecule has 2 rings (SSSR count). The third-order valence-corrected chi connectivity index (χ3v) is 3.62. The van der Waals surface area contributed by atoms with Crippen LogP contribution >= 0.6 is 22.6 Å². The molecule has 1 heterocycles. The predicted molar refractivity (Wildman–Crippen MR) is 74.0 cm³/mol. The average molecular weight is 375 g/mol. The third kappa shape index (κ3) is 3.17. The Morgan fingerprint density at radius 1 is 1.26 bits per heavy atom. The van der Waals surface area contributed by atoms with Gasteiger partial charge in [-0.1, -0.05) is 0 Å². The van der Waals surface area contributed by atoms with Crippen LogP contribution in [0.1, 0.15) is 29.6 Å². The highest BCUT2D eigenvalue weighted by Crippen LogP contribution is 2.16. The highest BCUT2D eigenvalue weighted by atomic mass is 127. The molecule has 0 aromatic heterocycles. The van der Waals surface area contributed by atoms with Crippen molar-refractivity contribution >= 4 is 40.2 Å². The van der Waals surface area contributed by atoms with Gasteiger partial charge in [0.15, 0.2) is 5.78 Å². The van der Waals surface area contributed by atoms with Gasteiger partial charge in [-0.05, 0) is 40.8 Å². The summed E-state index contributed by atoms with van der Waals surface area (Å²) in [6.07, 6.45) is 0.352. The Balaban J connectivity index is 2.01. The van der Waals surface area contributed by atoms with Crippen LogP contribution in [0.4, 0.5) is 4.39 Å². The summed E-state index contributed by atoms with van der Waals surface area (Å²) in [6, 6.07) is 4.34. The Hall–Kier alpha value is -1.31. The summed E-state index contributed by atoms with van der Waals surface area (Å²) >= 11 is 1.95. The molecule has 0 radical (unpaired) electrons. The van der Waals surface area contributed by atoms with Gasteiger partial charge in [0.05, 0.1) is 5.56 Å². The first-order valence-electron chi connectivity index (χ1n) is 5.80. The second kappa shape index (κ2) is 5.77. The largest absolute Gasteiger partial charge is 0.294 e. The highest BCUT2D eigenvalue weighted by molar-refractivity contribution is 14.1. The lowest BCUT2D eigenvalue weighted by Gasteiger charge is -2.12. The van der Waals surface area contributed by atoms with Crippen LogP contribution in [0.15, 0.2) is 18.2 Å². The molecular weight excluding hydrogens is 364 g/mol. The van der Waals surface area contributed by atoms with Gasteiger partial charge in [0.2, 0.25) is 11.8 Å². The predicted octanol–water partition coefficient (Wildman–Crippen LogP) is 2.15. The Kier molecular flexibility index (Phi) is 4.28. The number of hydrogen-bond acceptors (Lipinski definition) is 3. The van der Waals surface area contributed by atoms with E-state index in [4.69, 9.17) is 0 Å². The van der Waals surface area contributed by atoms with Gasteiger partial charge in [-0.25, -0.2) is 4.39 Å². The number of carbonyl (C=O) groups excluding carboxylic acids is 3. The van der Waals surface area contributed by atoms with Crippen molar-refractivity contribution in [3.8, 4) is 0 Å². The van der Waals surface area contributed by atoms with Gasteiger partial charge >= 0.3 is 0 Å². The van der Waals surface area contributed by atoms with Crippen molar-refractivity contribution in [3.63, 3.8) is 0 Å². The van der Waals surface area contributed by atoms with Crippen LogP contribution in [0.3, 0.4) is 0 Å². The van der Waals surface area contributed by atoms with E-state index in [1.54, 1.807) is 6.07 Å². The number of carbonyl (C=O) groups is 3. The Morgan fingerprint density at radius 2 is 1.89 bits per heavy atom. The third-order valence-electron chi connectivity index (χ3n) is 2.95.